The first kappa shape index (κ1) is 54.2. The van der Waals surface area contributed by atoms with E-state index in [1.165, 1.54) is 79.1 Å². The van der Waals surface area contributed by atoms with E-state index in [9.17, 15) is 34.8 Å². The maximum Gasteiger partial charge on any atom is 0.501 e. The highest BCUT2D eigenvalue weighted by atomic mass is 35.5. The molecule has 72 heavy (non-hydrogen) atoms. The van der Waals surface area contributed by atoms with E-state index in [0.29, 0.717) is 30.2 Å². The third-order valence-electron chi connectivity index (χ3n) is 15.1. The Morgan fingerprint density at radius 1 is 0.778 bits per heavy atom. The molecule has 1 spiro atoms. The highest BCUT2D eigenvalue weighted by Gasteiger charge is 2.49. The number of benzene rings is 4. The van der Waals surface area contributed by atoms with Crippen LogP contribution in [0, 0.1) is 5.41 Å². The smallest absolute Gasteiger partial charge is 0.380 e. The molecule has 1 saturated carbocycles. The van der Waals surface area contributed by atoms with Crippen LogP contribution in [0.1, 0.15) is 94.5 Å². The normalized spacial score (nSPS) is 19.3. The van der Waals surface area contributed by atoms with Crippen LogP contribution >= 0.6 is 23.4 Å². The summed E-state index contributed by atoms with van der Waals surface area (Å²) in [6.45, 7) is 14.5. The molecular formula is C54H68ClF3N6O5S3. The van der Waals surface area contributed by atoms with Crippen LogP contribution in [0.3, 0.4) is 0 Å². The lowest BCUT2D eigenvalue weighted by atomic mass is 9.63. The van der Waals surface area contributed by atoms with Gasteiger partial charge in [-0.05, 0) is 143 Å². The number of carbonyl (C=O) groups excluding carboxylic acids is 1. The van der Waals surface area contributed by atoms with Crippen molar-refractivity contribution >= 4 is 66.1 Å². The minimum atomic E-state index is -6.06. The van der Waals surface area contributed by atoms with Crippen molar-refractivity contribution < 1.29 is 34.8 Å². The Bertz CT molecular complexity index is 2750. The fourth-order valence-corrected chi connectivity index (χ4v) is 14.0. The number of piperazine rings is 2. The van der Waals surface area contributed by atoms with E-state index in [2.05, 4.69) is 57.8 Å². The molecule has 18 heteroatoms. The van der Waals surface area contributed by atoms with Crippen LogP contribution in [0.25, 0.3) is 5.57 Å². The van der Waals surface area contributed by atoms with Crippen molar-refractivity contribution in [1.29, 1.82) is 0 Å². The Balaban J connectivity index is 0.925. The number of anilines is 2. The maximum absolute atomic E-state index is 14.3. The third-order valence-corrected chi connectivity index (χ3v) is 19.3. The third kappa shape index (κ3) is 13.4. The van der Waals surface area contributed by atoms with E-state index < -0.39 is 47.1 Å². The Morgan fingerprint density at radius 2 is 1.43 bits per heavy atom. The summed E-state index contributed by atoms with van der Waals surface area (Å²) < 4.78 is 98.8. The van der Waals surface area contributed by atoms with Crippen molar-refractivity contribution in [3.05, 3.63) is 119 Å². The number of thioether (sulfide) groups is 1. The average Bonchev–Trinajstić information content (AvgIpc) is 3.35. The van der Waals surface area contributed by atoms with Gasteiger partial charge in [0.25, 0.3) is 25.8 Å². The van der Waals surface area contributed by atoms with Gasteiger partial charge in [0.1, 0.15) is 4.90 Å². The van der Waals surface area contributed by atoms with E-state index in [1.807, 2.05) is 47.2 Å². The van der Waals surface area contributed by atoms with Crippen LogP contribution < -0.4 is 14.9 Å². The zero-order valence-electron chi connectivity index (χ0n) is 41.5. The van der Waals surface area contributed by atoms with Crippen molar-refractivity contribution in [2.75, 3.05) is 81.4 Å². The first-order valence-corrected chi connectivity index (χ1v) is 29.5. The molecule has 1 unspecified atom stereocenters. The molecule has 2 N–H and O–H groups in total. The summed E-state index contributed by atoms with van der Waals surface area (Å²) in [4.78, 5) is 21.8. The first-order valence-electron chi connectivity index (χ1n) is 25.2. The van der Waals surface area contributed by atoms with Gasteiger partial charge in [-0.3, -0.25) is 14.6 Å². The average molecular weight is 1070 g/mol. The molecule has 2 aliphatic heterocycles. The van der Waals surface area contributed by atoms with Gasteiger partial charge in [-0.25, -0.2) is 21.6 Å². The molecule has 0 aromatic heterocycles. The van der Waals surface area contributed by atoms with Crippen molar-refractivity contribution in [2.24, 2.45) is 5.41 Å². The summed E-state index contributed by atoms with van der Waals surface area (Å²) in [6, 6.07) is 26.2. The number of hydrogen-bond acceptors (Lipinski definition) is 11. The number of allylic oxidation sites excluding steroid dienone is 1. The van der Waals surface area contributed by atoms with E-state index in [0.717, 1.165) is 99.5 Å². The van der Waals surface area contributed by atoms with Crippen LogP contribution in [-0.2, 0) is 19.9 Å². The number of rotatable bonds is 16. The molecule has 1 amide bonds. The number of nitrogens with one attached hydrogen (secondary N) is 2. The van der Waals surface area contributed by atoms with E-state index in [4.69, 9.17) is 11.6 Å². The van der Waals surface area contributed by atoms with Gasteiger partial charge >= 0.3 is 5.51 Å². The minimum Gasteiger partial charge on any atom is -0.380 e. The number of carbonyl (C=O) groups is 1. The lowest BCUT2D eigenvalue weighted by Gasteiger charge is -2.44. The summed E-state index contributed by atoms with van der Waals surface area (Å²) in [5.74, 6) is -0.628. The summed E-state index contributed by atoms with van der Waals surface area (Å²) in [7, 11) is -10.9. The van der Waals surface area contributed by atoms with Crippen LogP contribution in [0.4, 0.5) is 24.5 Å². The molecular weight excluding hydrogens is 1000 g/mol. The topological polar surface area (TPSA) is 122 Å². The second-order valence-electron chi connectivity index (χ2n) is 20.9. The van der Waals surface area contributed by atoms with Gasteiger partial charge in [-0.2, -0.15) is 13.2 Å². The fraction of sp³-hybridized carbons (Fsp3) is 0.500. The molecule has 0 radical (unpaired) electrons. The molecule has 2 aliphatic carbocycles. The Kier molecular flexibility index (Phi) is 17.1. The second-order valence-corrected chi connectivity index (χ2v) is 26.1. The Morgan fingerprint density at radius 3 is 2.07 bits per heavy atom. The fourth-order valence-electron chi connectivity index (χ4n) is 10.8. The number of sulfone groups is 1. The lowest BCUT2D eigenvalue weighted by Crippen LogP contribution is -2.53. The van der Waals surface area contributed by atoms with Crippen molar-refractivity contribution in [2.45, 2.75) is 110 Å². The van der Waals surface area contributed by atoms with Crippen molar-refractivity contribution in [3.63, 3.8) is 0 Å². The standard InChI is InChI=1S/C54H68ClF3N6O5S3/c1-52(2,3)64-34-30-61(31-35-64)27-23-44(39-70-46-10-6-4-7-11-46)59-49-21-20-47(36-50(49)71(66,67)54(56,57)58)72(68,69)60-51(65)41-14-18-45(19-15-41)63-32-28-62(29-33-63)38-42-37-53(24-8-5-9-25-53)26-22-48(42)40-12-16-43(55)17-13-40/h4,6-7,10-21,36,44,59H,5,8-9,22-35,37-39H2,1-3H3,(H,60,65). The molecule has 4 aromatic carbocycles. The molecule has 1 atom stereocenters. The van der Waals surface area contributed by atoms with Gasteiger partial charge in [0.15, 0.2) is 0 Å². The van der Waals surface area contributed by atoms with Crippen molar-refractivity contribution in [1.82, 2.24) is 19.4 Å². The second kappa shape index (κ2) is 22.8. The summed E-state index contributed by atoms with van der Waals surface area (Å²) in [6.07, 6.45) is 10.4. The van der Waals surface area contributed by atoms with Gasteiger partial charge in [-0.15, -0.1) is 11.8 Å². The number of hydrogen-bond donors (Lipinski definition) is 2. The van der Waals surface area contributed by atoms with Crippen LogP contribution in [0.2, 0.25) is 5.02 Å². The largest absolute Gasteiger partial charge is 0.501 e. The van der Waals surface area contributed by atoms with Crippen LogP contribution in [-0.4, -0.2) is 126 Å². The predicted molar refractivity (Wildman–Crippen MR) is 284 cm³/mol. The van der Waals surface area contributed by atoms with Crippen LogP contribution in [0.15, 0.2) is 117 Å². The van der Waals surface area contributed by atoms with E-state index >= 15 is 0 Å². The predicted octanol–water partition coefficient (Wildman–Crippen LogP) is 10.8. The molecule has 2 saturated heterocycles. The Hall–Kier alpha value is -4.10. The first-order chi connectivity index (χ1) is 34.2. The van der Waals surface area contributed by atoms with Crippen molar-refractivity contribution in [3.8, 4) is 0 Å². The van der Waals surface area contributed by atoms with E-state index in [-0.39, 0.29) is 16.8 Å². The molecule has 4 aliphatic rings. The number of alkyl halides is 3. The maximum atomic E-state index is 14.3. The monoisotopic (exact) mass is 1070 g/mol. The molecule has 390 valence electrons. The molecule has 3 fully saturated rings. The summed E-state index contributed by atoms with van der Waals surface area (Å²) in [5.41, 5.74) is -0.595. The lowest BCUT2D eigenvalue weighted by molar-refractivity contribution is -0.0435. The molecule has 8 rings (SSSR count). The highest BCUT2D eigenvalue weighted by Crippen LogP contribution is 2.51. The number of nitrogens with zero attached hydrogens (tertiary/aromatic N) is 4. The van der Waals surface area contributed by atoms with Gasteiger partial charge < -0.3 is 15.1 Å². The zero-order valence-corrected chi connectivity index (χ0v) is 44.7. The molecule has 4 aromatic rings. The van der Waals surface area contributed by atoms with Gasteiger partial charge in [0, 0.05) is 104 Å². The Labute approximate surface area is 433 Å². The van der Waals surface area contributed by atoms with Gasteiger partial charge in [0.2, 0.25) is 0 Å². The SMILES string of the molecule is CC(C)(C)N1CCN(CCC(CSc2ccccc2)Nc2ccc(S(=O)(=O)NC(=O)c3ccc(N4CCN(CC5=C(c6ccc(Cl)cc6)CCC6(CCCCC6)C5)CC4)cc3)cc2S(=O)(=O)C(F)(F)F)CC1. The van der Waals surface area contributed by atoms with Gasteiger partial charge in [-0.1, -0.05) is 66.8 Å². The molecule has 2 heterocycles. The van der Waals surface area contributed by atoms with E-state index in [1.54, 1.807) is 12.1 Å². The highest BCUT2D eigenvalue weighted by molar-refractivity contribution is 7.99. The molecule has 11 nitrogen and oxygen atoms in total. The number of halogens is 4. The zero-order chi connectivity index (χ0) is 51.3. The molecule has 0 bridgehead atoms. The summed E-state index contributed by atoms with van der Waals surface area (Å²) in [5, 5.41) is 3.79. The summed E-state index contributed by atoms with van der Waals surface area (Å²) >= 11 is 7.74. The number of sulfonamides is 1. The number of amides is 1. The van der Waals surface area contributed by atoms with Crippen LogP contribution in [0.5, 0.6) is 0 Å². The minimum absolute atomic E-state index is 0.0107. The quantitative estimate of drug-likeness (QED) is 0.104. The van der Waals surface area contributed by atoms with Gasteiger partial charge in [0.05, 0.1) is 10.6 Å².